The Labute approximate surface area is 148 Å². The summed E-state index contributed by atoms with van der Waals surface area (Å²) in [6, 6.07) is 10.0. The summed E-state index contributed by atoms with van der Waals surface area (Å²) in [7, 11) is 0. The number of anilines is 1. The van der Waals surface area contributed by atoms with E-state index in [2.05, 4.69) is 32.2 Å². The van der Waals surface area contributed by atoms with E-state index in [1.54, 1.807) is 0 Å². The molecule has 0 fully saturated rings. The van der Waals surface area contributed by atoms with E-state index in [0.717, 1.165) is 46.7 Å². The number of hydrogen-bond donors (Lipinski definition) is 1. The minimum Gasteiger partial charge on any atom is -0.493 e. The van der Waals surface area contributed by atoms with Gasteiger partial charge in [0, 0.05) is 29.7 Å². The molecule has 2 aromatic carbocycles. The standard InChI is InChI=1S/C21H23NO3/c1-21(2,3)15-6-4-5-7-16(15)22-20(23)18-14-9-11-24-17(14)12-13-8-10-25-19(13)18/h4-7,12H,8-11H2,1-3H3,(H,22,23). The first kappa shape index (κ1) is 16.0. The predicted molar refractivity (Wildman–Crippen MR) is 97.9 cm³/mol. The maximum absolute atomic E-state index is 13.2. The second-order valence-electron chi connectivity index (χ2n) is 7.66. The van der Waals surface area contributed by atoms with Gasteiger partial charge in [-0.1, -0.05) is 39.0 Å². The van der Waals surface area contributed by atoms with Crippen LogP contribution in [0.5, 0.6) is 11.5 Å². The van der Waals surface area contributed by atoms with Crippen LogP contribution in [0.1, 0.15) is 47.8 Å². The van der Waals surface area contributed by atoms with Gasteiger partial charge in [-0.2, -0.15) is 0 Å². The van der Waals surface area contributed by atoms with Crippen LogP contribution in [0.15, 0.2) is 30.3 Å². The van der Waals surface area contributed by atoms with Crippen LogP contribution in [0.3, 0.4) is 0 Å². The van der Waals surface area contributed by atoms with Crippen molar-refractivity contribution in [3.05, 3.63) is 52.6 Å². The van der Waals surface area contributed by atoms with Crippen molar-refractivity contribution in [2.24, 2.45) is 0 Å². The quantitative estimate of drug-likeness (QED) is 0.897. The Morgan fingerprint density at radius 3 is 2.64 bits per heavy atom. The number of rotatable bonds is 2. The molecule has 4 nitrogen and oxygen atoms in total. The monoisotopic (exact) mass is 337 g/mol. The summed E-state index contributed by atoms with van der Waals surface area (Å²) in [5.41, 5.74) is 4.59. The maximum Gasteiger partial charge on any atom is 0.259 e. The second-order valence-corrected chi connectivity index (χ2v) is 7.66. The van der Waals surface area contributed by atoms with Crippen molar-refractivity contribution in [1.82, 2.24) is 0 Å². The SMILES string of the molecule is CC(C)(C)c1ccccc1NC(=O)c1c2c(cc3c1OCC3)OCC2. The Balaban J connectivity index is 1.75. The molecule has 1 amide bonds. The molecule has 0 atom stereocenters. The van der Waals surface area contributed by atoms with Crippen LogP contribution in [0.25, 0.3) is 0 Å². The lowest BCUT2D eigenvalue weighted by molar-refractivity contribution is 0.102. The summed E-state index contributed by atoms with van der Waals surface area (Å²) < 4.78 is 11.5. The number of carbonyl (C=O) groups excluding carboxylic acids is 1. The van der Waals surface area contributed by atoms with Crippen molar-refractivity contribution in [3.63, 3.8) is 0 Å². The molecule has 0 aromatic heterocycles. The first-order valence-electron chi connectivity index (χ1n) is 8.80. The van der Waals surface area contributed by atoms with Gasteiger partial charge in [-0.25, -0.2) is 0 Å². The van der Waals surface area contributed by atoms with Gasteiger partial charge < -0.3 is 14.8 Å². The van der Waals surface area contributed by atoms with Crippen molar-refractivity contribution in [2.75, 3.05) is 18.5 Å². The molecule has 0 radical (unpaired) electrons. The van der Waals surface area contributed by atoms with Gasteiger partial charge in [0.2, 0.25) is 0 Å². The van der Waals surface area contributed by atoms with Crippen molar-refractivity contribution >= 4 is 11.6 Å². The largest absolute Gasteiger partial charge is 0.493 e. The molecule has 130 valence electrons. The van der Waals surface area contributed by atoms with E-state index in [1.165, 1.54) is 0 Å². The Morgan fingerprint density at radius 1 is 1.08 bits per heavy atom. The molecule has 4 heteroatoms. The highest BCUT2D eigenvalue weighted by Gasteiger charge is 2.31. The third kappa shape index (κ3) is 2.76. The second kappa shape index (κ2) is 5.80. The molecule has 0 unspecified atom stereocenters. The molecular formula is C21H23NO3. The lowest BCUT2D eigenvalue weighted by Crippen LogP contribution is -2.20. The van der Waals surface area contributed by atoms with Crippen LogP contribution in [0.4, 0.5) is 5.69 Å². The van der Waals surface area contributed by atoms with Gasteiger partial charge in [-0.15, -0.1) is 0 Å². The number of carbonyl (C=O) groups is 1. The van der Waals surface area contributed by atoms with Crippen LogP contribution in [0, 0.1) is 0 Å². The maximum atomic E-state index is 13.2. The molecule has 0 saturated carbocycles. The predicted octanol–water partition coefficient (Wildman–Crippen LogP) is 4.11. The number of benzene rings is 2. The third-order valence-electron chi connectivity index (χ3n) is 4.86. The number of fused-ring (bicyclic) bond motifs is 2. The van der Waals surface area contributed by atoms with Gasteiger partial charge in [-0.05, 0) is 23.1 Å². The van der Waals surface area contributed by atoms with E-state index in [1.807, 2.05) is 24.3 Å². The molecule has 1 N–H and O–H groups in total. The zero-order chi connectivity index (χ0) is 17.6. The fourth-order valence-electron chi connectivity index (χ4n) is 3.66. The smallest absolute Gasteiger partial charge is 0.259 e. The topological polar surface area (TPSA) is 47.6 Å². The van der Waals surface area contributed by atoms with E-state index < -0.39 is 0 Å². The molecule has 2 aromatic rings. The minimum absolute atomic E-state index is 0.0515. The average Bonchev–Trinajstić information content (AvgIpc) is 3.20. The lowest BCUT2D eigenvalue weighted by Gasteiger charge is -2.23. The van der Waals surface area contributed by atoms with Crippen LogP contribution >= 0.6 is 0 Å². The zero-order valence-corrected chi connectivity index (χ0v) is 14.9. The highest BCUT2D eigenvalue weighted by atomic mass is 16.5. The van der Waals surface area contributed by atoms with Crippen LogP contribution in [0.2, 0.25) is 0 Å². The van der Waals surface area contributed by atoms with Gasteiger partial charge in [-0.3, -0.25) is 4.79 Å². The van der Waals surface area contributed by atoms with Crippen LogP contribution in [-0.4, -0.2) is 19.1 Å². The Hall–Kier alpha value is -2.49. The summed E-state index contributed by atoms with van der Waals surface area (Å²) in [5.74, 6) is 1.45. The molecular weight excluding hydrogens is 314 g/mol. The number of hydrogen-bond acceptors (Lipinski definition) is 3. The molecule has 2 aliphatic rings. The summed E-state index contributed by atoms with van der Waals surface area (Å²) in [5, 5.41) is 3.12. The van der Waals surface area contributed by atoms with Gasteiger partial charge in [0.05, 0.1) is 18.8 Å². The average molecular weight is 337 g/mol. The van der Waals surface area contributed by atoms with Gasteiger partial charge in [0.15, 0.2) is 0 Å². The van der Waals surface area contributed by atoms with Crippen molar-refractivity contribution in [2.45, 2.75) is 39.0 Å². The molecule has 2 heterocycles. The van der Waals surface area contributed by atoms with Crippen LogP contribution < -0.4 is 14.8 Å². The van der Waals surface area contributed by atoms with Crippen molar-refractivity contribution in [3.8, 4) is 11.5 Å². The van der Waals surface area contributed by atoms with E-state index in [-0.39, 0.29) is 11.3 Å². The molecule has 0 bridgehead atoms. The van der Waals surface area contributed by atoms with Gasteiger partial charge >= 0.3 is 0 Å². The number of ether oxygens (including phenoxy) is 2. The normalized spacial score (nSPS) is 15.2. The highest BCUT2D eigenvalue weighted by Crippen LogP contribution is 2.41. The van der Waals surface area contributed by atoms with E-state index in [9.17, 15) is 4.79 Å². The summed E-state index contributed by atoms with van der Waals surface area (Å²) in [6.45, 7) is 7.68. The molecule has 0 saturated heterocycles. The molecule has 4 rings (SSSR count). The van der Waals surface area contributed by atoms with Crippen LogP contribution in [-0.2, 0) is 18.3 Å². The number of para-hydroxylation sites is 1. The number of amides is 1. The van der Waals surface area contributed by atoms with Crippen molar-refractivity contribution < 1.29 is 14.3 Å². The Kier molecular flexibility index (Phi) is 3.71. The van der Waals surface area contributed by atoms with E-state index in [4.69, 9.17) is 9.47 Å². The van der Waals surface area contributed by atoms with E-state index in [0.29, 0.717) is 18.8 Å². The van der Waals surface area contributed by atoms with Gasteiger partial charge in [0.25, 0.3) is 5.91 Å². The Morgan fingerprint density at radius 2 is 1.84 bits per heavy atom. The highest BCUT2D eigenvalue weighted by molar-refractivity contribution is 6.08. The Bertz CT molecular complexity index is 817. The summed E-state index contributed by atoms with van der Waals surface area (Å²) in [4.78, 5) is 13.2. The molecule has 2 aliphatic heterocycles. The summed E-state index contributed by atoms with van der Waals surface area (Å²) >= 11 is 0. The zero-order valence-electron chi connectivity index (χ0n) is 14.9. The molecule has 0 spiro atoms. The molecule has 25 heavy (non-hydrogen) atoms. The van der Waals surface area contributed by atoms with Crippen molar-refractivity contribution in [1.29, 1.82) is 0 Å². The fourth-order valence-corrected chi connectivity index (χ4v) is 3.66. The van der Waals surface area contributed by atoms with E-state index >= 15 is 0 Å². The lowest BCUT2D eigenvalue weighted by atomic mass is 9.85. The fraction of sp³-hybridized carbons (Fsp3) is 0.381. The molecule has 0 aliphatic carbocycles. The minimum atomic E-state index is -0.114. The van der Waals surface area contributed by atoms with Gasteiger partial charge in [0.1, 0.15) is 11.5 Å². The summed E-state index contributed by atoms with van der Waals surface area (Å²) in [6.07, 6.45) is 1.57. The first-order chi connectivity index (χ1) is 11.9. The number of nitrogens with one attached hydrogen (secondary N) is 1. The third-order valence-corrected chi connectivity index (χ3v) is 4.86. The first-order valence-corrected chi connectivity index (χ1v) is 8.80.